The molecule has 0 aliphatic carbocycles. The topological polar surface area (TPSA) is 159 Å². The first-order valence-electron chi connectivity index (χ1n) is 8.44. The monoisotopic (exact) mass is 372 g/mol. The van der Waals surface area contributed by atoms with Gasteiger partial charge in [-0.3, -0.25) is 28.9 Å². The van der Waals surface area contributed by atoms with E-state index in [0.717, 1.165) is 6.42 Å². The molecule has 0 fully saturated rings. The molecule has 5 N–H and O–H groups in total. The van der Waals surface area contributed by atoms with Crippen LogP contribution in [0.4, 0.5) is 0 Å². The quantitative estimate of drug-likeness (QED) is 0.381. The van der Waals surface area contributed by atoms with E-state index in [1.54, 1.807) is 0 Å². The Morgan fingerprint density at radius 1 is 1.04 bits per heavy atom. The van der Waals surface area contributed by atoms with E-state index in [2.05, 4.69) is 10.6 Å². The Bertz CT molecular complexity index is 549. The van der Waals surface area contributed by atoms with Crippen LogP contribution in [-0.4, -0.2) is 64.3 Å². The lowest BCUT2D eigenvalue weighted by Gasteiger charge is -2.28. The predicted molar refractivity (Wildman–Crippen MR) is 92.7 cm³/mol. The molecule has 0 heterocycles. The third-order valence-corrected chi connectivity index (χ3v) is 3.52. The number of imide groups is 1. The third kappa shape index (κ3) is 7.60. The Hall–Kier alpha value is -2.49. The van der Waals surface area contributed by atoms with Crippen molar-refractivity contribution in [2.24, 2.45) is 5.73 Å². The molecule has 0 radical (unpaired) electrons. The van der Waals surface area contributed by atoms with Gasteiger partial charge in [-0.05, 0) is 27.2 Å². The number of nitrogens with two attached hydrogens (primary N) is 1. The molecule has 4 amide bonds. The zero-order valence-electron chi connectivity index (χ0n) is 15.6. The summed E-state index contributed by atoms with van der Waals surface area (Å²) in [7, 11) is 0. The van der Waals surface area contributed by atoms with Crippen LogP contribution in [0.15, 0.2) is 0 Å². The van der Waals surface area contributed by atoms with Gasteiger partial charge in [-0.25, -0.2) is 0 Å². The van der Waals surface area contributed by atoms with Crippen molar-refractivity contribution in [3.63, 3.8) is 0 Å². The number of nitrogens with zero attached hydrogens (tertiary/aromatic N) is 1. The van der Waals surface area contributed by atoms with Crippen molar-refractivity contribution in [2.75, 3.05) is 6.54 Å². The van der Waals surface area contributed by atoms with Gasteiger partial charge in [-0.1, -0.05) is 6.92 Å². The van der Waals surface area contributed by atoms with Crippen molar-refractivity contribution in [2.45, 2.75) is 65.1 Å². The van der Waals surface area contributed by atoms with E-state index in [4.69, 9.17) is 10.8 Å². The molecule has 0 aromatic rings. The molecule has 0 saturated carbocycles. The largest absolute Gasteiger partial charge is 0.481 e. The van der Waals surface area contributed by atoms with Crippen LogP contribution >= 0.6 is 0 Å². The first-order chi connectivity index (χ1) is 12.0. The molecule has 3 atom stereocenters. The maximum Gasteiger partial charge on any atom is 0.303 e. The number of carbonyl (C=O) groups excluding carboxylic acids is 4. The van der Waals surface area contributed by atoms with Gasteiger partial charge in [-0.2, -0.15) is 0 Å². The van der Waals surface area contributed by atoms with Gasteiger partial charge in [0.2, 0.25) is 23.6 Å². The number of carbonyl (C=O) groups is 5. The summed E-state index contributed by atoms with van der Waals surface area (Å²) in [5.41, 5.74) is 5.52. The molecule has 0 bridgehead atoms. The summed E-state index contributed by atoms with van der Waals surface area (Å²) in [5, 5.41) is 13.7. The Balaban J connectivity index is 5.14. The van der Waals surface area contributed by atoms with Gasteiger partial charge in [0.1, 0.15) is 12.1 Å². The molecule has 10 heteroatoms. The SMILES string of the molecule is CCCNC(=O)[C@H](C)NC(=O)[C@H](C)N(C(=O)CCC(=O)O)C(=O)[C@H](C)N. The van der Waals surface area contributed by atoms with Crippen molar-refractivity contribution in [3.8, 4) is 0 Å². The van der Waals surface area contributed by atoms with E-state index in [1.807, 2.05) is 6.92 Å². The number of aliphatic carboxylic acids is 1. The highest BCUT2D eigenvalue weighted by molar-refractivity contribution is 6.03. The van der Waals surface area contributed by atoms with E-state index in [1.165, 1.54) is 20.8 Å². The smallest absolute Gasteiger partial charge is 0.303 e. The second-order valence-electron chi connectivity index (χ2n) is 5.98. The highest BCUT2D eigenvalue weighted by atomic mass is 16.4. The number of hydrogen-bond donors (Lipinski definition) is 4. The molecule has 0 aliphatic rings. The number of carboxylic acids is 1. The second kappa shape index (κ2) is 11.2. The summed E-state index contributed by atoms with van der Waals surface area (Å²) >= 11 is 0. The molecule has 0 aromatic heterocycles. The normalized spacial score (nSPS) is 13.9. The Morgan fingerprint density at radius 2 is 1.62 bits per heavy atom. The molecule has 0 spiro atoms. The molecule has 0 rings (SSSR count). The number of rotatable bonds is 10. The average Bonchev–Trinajstić information content (AvgIpc) is 2.57. The maximum atomic E-state index is 12.3. The molecular weight excluding hydrogens is 344 g/mol. The summed E-state index contributed by atoms with van der Waals surface area (Å²) < 4.78 is 0. The molecular formula is C16H28N4O6. The number of hydrogen-bond acceptors (Lipinski definition) is 6. The predicted octanol–water partition coefficient (Wildman–Crippen LogP) is -1.03. The van der Waals surface area contributed by atoms with Crippen molar-refractivity contribution in [3.05, 3.63) is 0 Å². The third-order valence-electron chi connectivity index (χ3n) is 3.52. The molecule has 26 heavy (non-hydrogen) atoms. The summed E-state index contributed by atoms with van der Waals surface area (Å²) in [6, 6.07) is -3.15. The van der Waals surface area contributed by atoms with Crippen LogP contribution in [0.25, 0.3) is 0 Å². The van der Waals surface area contributed by atoms with E-state index in [9.17, 15) is 24.0 Å². The lowest BCUT2D eigenvalue weighted by molar-refractivity contribution is -0.153. The van der Waals surface area contributed by atoms with Crippen molar-refractivity contribution in [1.82, 2.24) is 15.5 Å². The first-order valence-corrected chi connectivity index (χ1v) is 8.44. The zero-order chi connectivity index (χ0) is 20.4. The highest BCUT2D eigenvalue weighted by Crippen LogP contribution is 2.08. The molecule has 0 aromatic carbocycles. The van der Waals surface area contributed by atoms with Gasteiger partial charge in [0.25, 0.3) is 0 Å². The van der Waals surface area contributed by atoms with Crippen LogP contribution in [0.2, 0.25) is 0 Å². The van der Waals surface area contributed by atoms with Crippen molar-refractivity contribution >= 4 is 29.6 Å². The second-order valence-corrected chi connectivity index (χ2v) is 5.98. The molecule has 0 aliphatic heterocycles. The lowest BCUT2D eigenvalue weighted by atomic mass is 10.1. The first kappa shape index (κ1) is 23.5. The maximum absolute atomic E-state index is 12.3. The summed E-state index contributed by atoms with van der Waals surface area (Å²) in [6.07, 6.45) is -0.193. The van der Waals surface area contributed by atoms with Gasteiger partial charge in [0.05, 0.1) is 12.5 Å². The number of amides is 4. The standard InChI is InChI=1S/C16H28N4O6/c1-5-8-18-14(24)10(3)19-15(25)11(4)20(16(26)9(2)17)12(21)6-7-13(22)23/h9-11H,5-8,17H2,1-4H3,(H,18,24)(H,19,25)(H,22,23)/t9-,10-,11-/m0/s1. The molecule has 148 valence electrons. The van der Waals surface area contributed by atoms with E-state index in [-0.39, 0.29) is 0 Å². The minimum absolute atomic E-state index is 0.394. The van der Waals surface area contributed by atoms with Crippen LogP contribution in [-0.2, 0) is 24.0 Å². The van der Waals surface area contributed by atoms with Crippen molar-refractivity contribution < 1.29 is 29.1 Å². The van der Waals surface area contributed by atoms with Crippen LogP contribution in [0, 0.1) is 0 Å². The van der Waals surface area contributed by atoms with Crippen LogP contribution in [0.3, 0.4) is 0 Å². The van der Waals surface area contributed by atoms with Gasteiger partial charge in [0, 0.05) is 13.0 Å². The Morgan fingerprint density at radius 3 is 2.08 bits per heavy atom. The fourth-order valence-electron chi connectivity index (χ4n) is 2.00. The number of nitrogens with one attached hydrogen (secondary N) is 2. The molecule has 10 nitrogen and oxygen atoms in total. The molecule has 0 unspecified atom stereocenters. The van der Waals surface area contributed by atoms with Gasteiger partial charge >= 0.3 is 5.97 Å². The van der Waals surface area contributed by atoms with Crippen LogP contribution < -0.4 is 16.4 Å². The Labute approximate surface area is 152 Å². The fourth-order valence-corrected chi connectivity index (χ4v) is 2.00. The summed E-state index contributed by atoms with van der Waals surface area (Å²) in [4.78, 5) is 59.9. The van der Waals surface area contributed by atoms with Gasteiger partial charge in [-0.15, -0.1) is 0 Å². The minimum atomic E-state index is -1.24. The number of carboxylic acid groups (broad SMARTS) is 1. The molecule has 0 saturated heterocycles. The summed E-state index contributed by atoms with van der Waals surface area (Å²) in [6.45, 7) is 6.47. The van der Waals surface area contributed by atoms with Crippen LogP contribution in [0.5, 0.6) is 0 Å². The Kier molecular flexibility index (Phi) is 10.1. The lowest BCUT2D eigenvalue weighted by Crippen LogP contribution is -2.57. The van der Waals surface area contributed by atoms with Gasteiger partial charge < -0.3 is 21.5 Å². The highest BCUT2D eigenvalue weighted by Gasteiger charge is 2.33. The average molecular weight is 372 g/mol. The minimum Gasteiger partial charge on any atom is -0.481 e. The van der Waals surface area contributed by atoms with E-state index in [0.29, 0.717) is 11.4 Å². The summed E-state index contributed by atoms with van der Waals surface area (Å²) in [5.74, 6) is -3.94. The van der Waals surface area contributed by atoms with E-state index >= 15 is 0 Å². The zero-order valence-corrected chi connectivity index (χ0v) is 15.6. The van der Waals surface area contributed by atoms with E-state index < -0.39 is 60.6 Å². The fraction of sp³-hybridized carbons (Fsp3) is 0.688. The van der Waals surface area contributed by atoms with Gasteiger partial charge in [0.15, 0.2) is 0 Å². The van der Waals surface area contributed by atoms with Crippen LogP contribution in [0.1, 0.15) is 47.0 Å². The van der Waals surface area contributed by atoms with Crippen molar-refractivity contribution in [1.29, 1.82) is 0 Å².